The topological polar surface area (TPSA) is 37.9 Å². The van der Waals surface area contributed by atoms with E-state index < -0.39 is 0 Å². The van der Waals surface area contributed by atoms with Gasteiger partial charge < -0.3 is 9.72 Å². The van der Waals surface area contributed by atoms with Crippen LogP contribution >= 0.6 is 38.5 Å². The van der Waals surface area contributed by atoms with Gasteiger partial charge in [0.05, 0.1) is 12.6 Å². The Morgan fingerprint density at radius 3 is 2.75 bits per heavy atom. The van der Waals surface area contributed by atoms with Gasteiger partial charge in [0, 0.05) is 20.8 Å². The highest BCUT2D eigenvalue weighted by Gasteiger charge is 2.16. The number of rotatable bonds is 2. The number of hydrogen-bond acceptors (Lipinski definition) is 2. The lowest BCUT2D eigenvalue weighted by Crippen LogP contribution is -1.89. The molecule has 2 aromatic rings. The number of H-pyrrole nitrogens is 1. The molecule has 0 aliphatic carbocycles. The van der Waals surface area contributed by atoms with Crippen molar-refractivity contribution >= 4 is 49.4 Å². The summed E-state index contributed by atoms with van der Waals surface area (Å²) in [5.74, 6) is 1.08. The Morgan fingerprint density at radius 2 is 2.19 bits per heavy atom. The third-order valence-corrected chi connectivity index (χ3v) is 4.39. The van der Waals surface area contributed by atoms with Crippen molar-refractivity contribution in [1.29, 1.82) is 0 Å². The summed E-state index contributed by atoms with van der Waals surface area (Å²) in [6.07, 6.45) is 1.85. The average Bonchev–Trinajstić information content (AvgIpc) is 2.58. The Bertz CT molecular complexity index is 536. The number of aromatic nitrogens is 2. The van der Waals surface area contributed by atoms with E-state index in [1.54, 1.807) is 7.11 Å². The highest BCUT2D eigenvalue weighted by atomic mass is 127. The van der Waals surface area contributed by atoms with Gasteiger partial charge in [-0.3, -0.25) is 0 Å². The Kier molecular flexibility index (Phi) is 3.44. The van der Waals surface area contributed by atoms with Crippen LogP contribution in [-0.2, 0) is 0 Å². The van der Waals surface area contributed by atoms with Crippen LogP contribution in [0.4, 0.5) is 0 Å². The van der Waals surface area contributed by atoms with Crippen LogP contribution < -0.4 is 4.74 Å². The molecule has 0 saturated carbocycles. The summed E-state index contributed by atoms with van der Waals surface area (Å²) in [5.41, 5.74) is 2.30. The fraction of sp³-hybridized carbons (Fsp3) is 0.364. The minimum Gasteiger partial charge on any atom is -0.480 e. The van der Waals surface area contributed by atoms with E-state index >= 15 is 0 Å². The van der Waals surface area contributed by atoms with Gasteiger partial charge in [0.2, 0.25) is 5.88 Å². The van der Waals surface area contributed by atoms with Gasteiger partial charge in [-0.15, -0.1) is 0 Å². The SMILES string of the molecule is COc1ncc2c(I)c(C(C)C)[nH]c2c1Br. The molecule has 0 atom stereocenters. The van der Waals surface area contributed by atoms with Crippen LogP contribution in [0.1, 0.15) is 25.5 Å². The number of halogens is 2. The number of pyridine rings is 1. The quantitative estimate of drug-likeness (QED) is 0.780. The van der Waals surface area contributed by atoms with Crippen molar-refractivity contribution in [2.24, 2.45) is 0 Å². The lowest BCUT2D eigenvalue weighted by atomic mass is 10.1. The summed E-state index contributed by atoms with van der Waals surface area (Å²) in [6, 6.07) is 0. The van der Waals surface area contributed by atoms with Crippen LogP contribution in [0.15, 0.2) is 10.7 Å². The second-order valence-electron chi connectivity index (χ2n) is 3.88. The van der Waals surface area contributed by atoms with Gasteiger partial charge in [0.25, 0.3) is 0 Å². The molecule has 0 aliphatic rings. The Balaban J connectivity index is 2.76. The van der Waals surface area contributed by atoms with Crippen LogP contribution in [0.5, 0.6) is 5.88 Å². The molecule has 0 saturated heterocycles. The highest BCUT2D eigenvalue weighted by Crippen LogP contribution is 2.35. The molecular formula is C11H12BrIN2O. The van der Waals surface area contributed by atoms with Crippen molar-refractivity contribution in [2.45, 2.75) is 19.8 Å². The van der Waals surface area contributed by atoms with Crippen LogP contribution in [0.2, 0.25) is 0 Å². The maximum absolute atomic E-state index is 5.18. The number of hydrogen-bond donors (Lipinski definition) is 1. The number of ether oxygens (including phenoxy) is 1. The number of nitrogens with zero attached hydrogens (tertiary/aromatic N) is 1. The van der Waals surface area contributed by atoms with Crippen LogP contribution in [0.25, 0.3) is 10.9 Å². The van der Waals surface area contributed by atoms with E-state index in [9.17, 15) is 0 Å². The van der Waals surface area contributed by atoms with Crippen LogP contribution in [0.3, 0.4) is 0 Å². The second kappa shape index (κ2) is 4.52. The molecule has 2 rings (SSSR count). The first-order valence-corrected chi connectivity index (χ1v) is 6.83. The van der Waals surface area contributed by atoms with Gasteiger partial charge in [-0.05, 0) is 44.4 Å². The fourth-order valence-corrected chi connectivity index (χ4v) is 3.38. The zero-order valence-corrected chi connectivity index (χ0v) is 13.0. The molecule has 3 nitrogen and oxygen atoms in total. The summed E-state index contributed by atoms with van der Waals surface area (Å²) in [5, 5.41) is 1.14. The van der Waals surface area contributed by atoms with Crippen LogP contribution in [0, 0.1) is 3.57 Å². The largest absolute Gasteiger partial charge is 0.480 e. The van der Waals surface area contributed by atoms with E-state index in [1.807, 2.05) is 6.20 Å². The zero-order valence-electron chi connectivity index (χ0n) is 9.27. The second-order valence-corrected chi connectivity index (χ2v) is 5.75. The molecule has 86 valence electrons. The van der Waals surface area contributed by atoms with Gasteiger partial charge in [0.15, 0.2) is 0 Å². The number of methoxy groups -OCH3 is 1. The predicted octanol–water partition coefficient (Wildman–Crippen LogP) is 4.06. The summed E-state index contributed by atoms with van der Waals surface area (Å²) in [7, 11) is 1.62. The van der Waals surface area contributed by atoms with E-state index in [2.05, 4.69) is 62.3 Å². The standard InChI is InChI=1S/C11H12BrIN2O/c1-5(2)9-8(13)6-4-14-11(16-3)7(12)10(6)15-9/h4-5,15H,1-3H3. The minimum absolute atomic E-state index is 0.470. The van der Waals surface area contributed by atoms with Crippen molar-refractivity contribution < 1.29 is 4.74 Å². The van der Waals surface area contributed by atoms with E-state index in [4.69, 9.17) is 4.74 Å². The number of aromatic amines is 1. The molecule has 0 unspecified atom stereocenters. The molecule has 16 heavy (non-hydrogen) atoms. The molecule has 0 aromatic carbocycles. The summed E-state index contributed by atoms with van der Waals surface area (Å²) < 4.78 is 7.30. The van der Waals surface area contributed by atoms with Crippen molar-refractivity contribution in [3.8, 4) is 5.88 Å². The lowest BCUT2D eigenvalue weighted by molar-refractivity contribution is 0.396. The van der Waals surface area contributed by atoms with Gasteiger partial charge >= 0.3 is 0 Å². The molecule has 0 radical (unpaired) electrons. The van der Waals surface area contributed by atoms with Crippen molar-refractivity contribution in [1.82, 2.24) is 9.97 Å². The van der Waals surface area contributed by atoms with Crippen LogP contribution in [-0.4, -0.2) is 17.1 Å². The average molecular weight is 395 g/mol. The monoisotopic (exact) mass is 394 g/mol. The molecule has 0 fully saturated rings. The first-order chi connectivity index (χ1) is 7.56. The third kappa shape index (κ3) is 1.84. The molecule has 0 aliphatic heterocycles. The lowest BCUT2D eigenvalue weighted by Gasteiger charge is -2.01. The molecular weight excluding hydrogens is 383 g/mol. The molecule has 5 heteroatoms. The summed E-state index contributed by atoms with van der Waals surface area (Å²) in [6.45, 7) is 4.34. The normalized spacial score (nSPS) is 11.4. The first kappa shape index (κ1) is 12.2. The van der Waals surface area contributed by atoms with Gasteiger partial charge in [-0.1, -0.05) is 13.8 Å². The fourth-order valence-electron chi connectivity index (χ4n) is 1.63. The predicted molar refractivity (Wildman–Crippen MR) is 77.2 cm³/mol. The van der Waals surface area contributed by atoms with Gasteiger partial charge in [-0.25, -0.2) is 4.98 Å². The molecule has 0 amide bonds. The molecule has 1 N–H and O–H groups in total. The Morgan fingerprint density at radius 1 is 1.50 bits per heavy atom. The summed E-state index contributed by atoms with van der Waals surface area (Å²) in [4.78, 5) is 7.70. The minimum atomic E-state index is 0.470. The van der Waals surface area contributed by atoms with E-state index in [0.717, 1.165) is 15.4 Å². The van der Waals surface area contributed by atoms with Gasteiger partial charge in [-0.2, -0.15) is 0 Å². The smallest absolute Gasteiger partial charge is 0.229 e. The molecule has 0 spiro atoms. The highest BCUT2D eigenvalue weighted by molar-refractivity contribution is 14.1. The Labute approximate surface area is 116 Å². The summed E-state index contributed by atoms with van der Waals surface area (Å²) >= 11 is 5.87. The van der Waals surface area contributed by atoms with E-state index in [-0.39, 0.29) is 0 Å². The maximum Gasteiger partial charge on any atom is 0.229 e. The molecule has 0 bridgehead atoms. The van der Waals surface area contributed by atoms with Crippen molar-refractivity contribution in [3.05, 3.63) is 19.9 Å². The number of fused-ring (bicyclic) bond motifs is 1. The Hall–Kier alpha value is -0.300. The third-order valence-electron chi connectivity index (χ3n) is 2.49. The number of nitrogens with one attached hydrogen (secondary N) is 1. The van der Waals surface area contributed by atoms with Gasteiger partial charge in [0.1, 0.15) is 4.47 Å². The van der Waals surface area contributed by atoms with E-state index in [0.29, 0.717) is 11.8 Å². The molecule has 2 aromatic heterocycles. The van der Waals surface area contributed by atoms with Crippen molar-refractivity contribution in [3.63, 3.8) is 0 Å². The first-order valence-electron chi connectivity index (χ1n) is 4.95. The van der Waals surface area contributed by atoms with E-state index in [1.165, 1.54) is 9.26 Å². The van der Waals surface area contributed by atoms with Crippen molar-refractivity contribution in [2.75, 3.05) is 7.11 Å². The maximum atomic E-state index is 5.18. The molecule has 2 heterocycles. The zero-order chi connectivity index (χ0) is 11.9.